The van der Waals surface area contributed by atoms with Crippen molar-refractivity contribution >= 4 is 34.3 Å². The average Bonchev–Trinajstić information content (AvgIpc) is 3.29. The molecule has 0 aliphatic carbocycles. The number of hydrogen-bond acceptors (Lipinski definition) is 7. The van der Waals surface area contributed by atoms with Crippen molar-refractivity contribution in [1.82, 2.24) is 29.6 Å². The molecule has 0 aromatic carbocycles. The lowest BCUT2D eigenvalue weighted by Crippen LogP contribution is -2.55. The molecular weight excluding hydrogens is 413 g/mol. The smallest absolute Gasteiger partial charge is 0.232 e. The van der Waals surface area contributed by atoms with Gasteiger partial charge >= 0.3 is 0 Å². The van der Waals surface area contributed by atoms with Gasteiger partial charge in [0, 0.05) is 19.3 Å². The van der Waals surface area contributed by atoms with Crippen molar-refractivity contribution in [2.24, 2.45) is 0 Å². The van der Waals surface area contributed by atoms with E-state index in [1.54, 1.807) is 17.1 Å². The fourth-order valence-electron chi connectivity index (χ4n) is 3.96. The predicted octanol–water partition coefficient (Wildman–Crippen LogP) is 2.93. The summed E-state index contributed by atoms with van der Waals surface area (Å²) in [6.45, 7) is 4.90. The zero-order valence-corrected chi connectivity index (χ0v) is 17.3. The van der Waals surface area contributed by atoms with Gasteiger partial charge in [0.1, 0.15) is 11.8 Å². The van der Waals surface area contributed by atoms with Gasteiger partial charge in [0.2, 0.25) is 11.8 Å². The lowest BCUT2D eigenvalue weighted by molar-refractivity contribution is -0.0847. The molecule has 0 spiro atoms. The summed E-state index contributed by atoms with van der Waals surface area (Å²) in [7, 11) is 0. The number of aromatic amines is 1. The Hall–Kier alpha value is -2.43. The lowest BCUT2D eigenvalue weighted by Gasteiger charge is -2.42. The molecule has 0 radical (unpaired) electrons. The van der Waals surface area contributed by atoms with E-state index in [4.69, 9.17) is 21.1 Å². The van der Waals surface area contributed by atoms with Gasteiger partial charge in [-0.2, -0.15) is 15.1 Å². The Kier molecular flexibility index (Phi) is 5.21. The van der Waals surface area contributed by atoms with Gasteiger partial charge in [-0.25, -0.2) is 9.07 Å². The van der Waals surface area contributed by atoms with Crippen molar-refractivity contribution < 1.29 is 13.9 Å². The standard InChI is InChI=1S/C19H23ClFN7O2/c1-2-30-18-12-3-5-22-17(12)25-19(26-18)24-14-7-23-28(16(14)20)15-4-6-27(8-13(15)21)11-9-29-10-11/h3,5,7,11,13,15H,2,4,6,8-10H2,1H3,(H2,22,24,25,26)/t13-,15+/m1/s1. The Bertz CT molecular complexity index is 1040. The van der Waals surface area contributed by atoms with E-state index in [9.17, 15) is 4.39 Å². The van der Waals surface area contributed by atoms with Crippen LogP contribution in [0.3, 0.4) is 0 Å². The first-order valence-electron chi connectivity index (χ1n) is 10.1. The van der Waals surface area contributed by atoms with E-state index in [2.05, 4.69) is 30.3 Å². The number of halogens is 2. The Morgan fingerprint density at radius 1 is 1.40 bits per heavy atom. The van der Waals surface area contributed by atoms with Crippen LogP contribution < -0.4 is 10.1 Å². The fourth-order valence-corrected chi connectivity index (χ4v) is 4.22. The molecule has 2 aliphatic heterocycles. The van der Waals surface area contributed by atoms with E-state index in [1.165, 1.54) is 0 Å². The molecule has 30 heavy (non-hydrogen) atoms. The van der Waals surface area contributed by atoms with Crippen molar-refractivity contribution in [2.45, 2.75) is 31.6 Å². The van der Waals surface area contributed by atoms with Crippen LogP contribution in [0.1, 0.15) is 19.4 Å². The number of nitrogens with zero attached hydrogens (tertiary/aromatic N) is 5. The summed E-state index contributed by atoms with van der Waals surface area (Å²) in [5, 5.41) is 8.56. The molecule has 2 atom stereocenters. The van der Waals surface area contributed by atoms with Gasteiger partial charge in [-0.3, -0.25) is 4.90 Å². The van der Waals surface area contributed by atoms with Crippen molar-refractivity contribution in [1.29, 1.82) is 0 Å². The quantitative estimate of drug-likeness (QED) is 0.614. The molecule has 11 heteroatoms. The highest BCUT2D eigenvalue weighted by Gasteiger charge is 2.37. The molecule has 0 saturated carbocycles. The summed E-state index contributed by atoms with van der Waals surface area (Å²) in [6, 6.07) is 1.78. The minimum Gasteiger partial charge on any atom is -0.477 e. The number of hydrogen-bond donors (Lipinski definition) is 2. The van der Waals surface area contributed by atoms with E-state index in [-0.39, 0.29) is 0 Å². The molecule has 0 bridgehead atoms. The highest BCUT2D eigenvalue weighted by molar-refractivity contribution is 6.32. The van der Waals surface area contributed by atoms with E-state index < -0.39 is 12.2 Å². The second kappa shape index (κ2) is 8.01. The third kappa shape index (κ3) is 3.48. The molecule has 9 nitrogen and oxygen atoms in total. The third-order valence-corrected chi connectivity index (χ3v) is 6.01. The largest absolute Gasteiger partial charge is 0.477 e. The molecule has 5 heterocycles. The van der Waals surface area contributed by atoms with Crippen LogP contribution in [0.5, 0.6) is 5.88 Å². The molecule has 0 unspecified atom stereocenters. The highest BCUT2D eigenvalue weighted by atomic mass is 35.5. The molecule has 5 rings (SSSR count). The third-order valence-electron chi connectivity index (χ3n) is 5.63. The Morgan fingerprint density at radius 3 is 3.00 bits per heavy atom. The molecule has 160 valence electrons. The van der Waals surface area contributed by atoms with Crippen molar-refractivity contribution in [3.05, 3.63) is 23.6 Å². The minimum atomic E-state index is -1.05. The zero-order valence-electron chi connectivity index (χ0n) is 16.5. The van der Waals surface area contributed by atoms with Gasteiger partial charge in [-0.15, -0.1) is 0 Å². The van der Waals surface area contributed by atoms with Crippen LogP contribution in [0.4, 0.5) is 16.0 Å². The lowest BCUT2D eigenvalue weighted by atomic mass is 10.0. The SMILES string of the molecule is CCOc1nc(Nc2cnn([C@H]3CCN(C4COC4)C[C@H]3F)c2Cl)nc2[nH]ccc12. The topological polar surface area (TPSA) is 93.1 Å². The number of piperidine rings is 1. The van der Waals surface area contributed by atoms with Crippen molar-refractivity contribution in [3.8, 4) is 5.88 Å². The number of anilines is 2. The summed E-state index contributed by atoms with van der Waals surface area (Å²) in [5.41, 5.74) is 1.17. The Morgan fingerprint density at radius 2 is 2.27 bits per heavy atom. The highest BCUT2D eigenvalue weighted by Crippen LogP contribution is 2.34. The number of alkyl halides is 1. The molecule has 2 aliphatic rings. The molecule has 0 amide bonds. The summed E-state index contributed by atoms with van der Waals surface area (Å²) in [6.07, 6.45) is 2.93. The average molecular weight is 436 g/mol. The van der Waals surface area contributed by atoms with E-state index in [1.807, 2.05) is 13.0 Å². The number of nitrogens with one attached hydrogen (secondary N) is 2. The normalized spacial score (nSPS) is 22.9. The number of H-pyrrole nitrogens is 1. The van der Waals surface area contributed by atoms with Gasteiger partial charge in [0.05, 0.1) is 49.2 Å². The molecular formula is C19H23ClFN7O2. The van der Waals surface area contributed by atoms with Gasteiger partial charge in [0.15, 0.2) is 5.15 Å². The maximum atomic E-state index is 14.9. The molecule has 2 fully saturated rings. The Balaban J connectivity index is 1.34. The summed E-state index contributed by atoms with van der Waals surface area (Å²) < 4.78 is 27.3. The van der Waals surface area contributed by atoms with Gasteiger partial charge in [-0.1, -0.05) is 11.6 Å². The molecule has 2 saturated heterocycles. The predicted molar refractivity (Wildman–Crippen MR) is 110 cm³/mol. The number of ether oxygens (including phenoxy) is 2. The van der Waals surface area contributed by atoms with Gasteiger partial charge < -0.3 is 19.8 Å². The maximum Gasteiger partial charge on any atom is 0.232 e. The summed E-state index contributed by atoms with van der Waals surface area (Å²) in [5.74, 6) is 0.803. The van der Waals surface area contributed by atoms with Crippen LogP contribution in [0.25, 0.3) is 11.0 Å². The van der Waals surface area contributed by atoms with Gasteiger partial charge in [0.25, 0.3) is 0 Å². The van der Waals surface area contributed by atoms with Crippen molar-refractivity contribution in [3.63, 3.8) is 0 Å². The fraction of sp³-hybridized carbons (Fsp3) is 0.526. The second-order valence-corrected chi connectivity index (χ2v) is 7.86. The molecule has 2 N–H and O–H groups in total. The van der Waals surface area contributed by atoms with E-state index >= 15 is 0 Å². The van der Waals surface area contributed by atoms with Crippen LogP contribution in [-0.2, 0) is 4.74 Å². The minimum absolute atomic E-state index is 0.325. The summed E-state index contributed by atoms with van der Waals surface area (Å²) >= 11 is 6.55. The molecule has 3 aromatic rings. The first-order valence-corrected chi connectivity index (χ1v) is 10.5. The van der Waals surface area contributed by atoms with Gasteiger partial charge in [-0.05, 0) is 19.4 Å². The first kappa shape index (κ1) is 19.5. The monoisotopic (exact) mass is 435 g/mol. The number of likely N-dealkylation sites (tertiary alicyclic amines) is 1. The van der Waals surface area contributed by atoms with Crippen LogP contribution >= 0.6 is 11.6 Å². The number of aromatic nitrogens is 5. The first-order chi connectivity index (χ1) is 14.6. The van der Waals surface area contributed by atoms with E-state index in [0.29, 0.717) is 67.1 Å². The second-order valence-electron chi connectivity index (χ2n) is 7.50. The van der Waals surface area contributed by atoms with E-state index in [0.717, 1.165) is 11.9 Å². The molecule has 3 aromatic heterocycles. The van der Waals surface area contributed by atoms with Crippen LogP contribution in [0.15, 0.2) is 18.5 Å². The maximum absolute atomic E-state index is 14.9. The van der Waals surface area contributed by atoms with Crippen LogP contribution in [0.2, 0.25) is 5.15 Å². The zero-order chi connectivity index (χ0) is 20.7. The number of rotatable bonds is 6. The van der Waals surface area contributed by atoms with Crippen LogP contribution in [0, 0.1) is 0 Å². The Labute approximate surface area is 177 Å². The summed E-state index contributed by atoms with van der Waals surface area (Å²) in [4.78, 5) is 14.1. The van der Waals surface area contributed by atoms with Crippen LogP contribution in [-0.4, -0.2) is 74.8 Å². The number of fused-ring (bicyclic) bond motifs is 1. The van der Waals surface area contributed by atoms with Crippen molar-refractivity contribution in [2.75, 3.05) is 38.2 Å².